The zero-order chi connectivity index (χ0) is 21.5. The second-order valence-corrected chi connectivity index (χ2v) is 8.60. The van der Waals surface area contributed by atoms with Crippen LogP contribution < -0.4 is 4.74 Å². The number of nitrogens with zero attached hydrogens (tertiary/aromatic N) is 5. The maximum atomic E-state index is 12.6. The SMILES string of the molecule is Cn1cnc(S(=O)(=O)N2CCC(Oc3ccc(-c4noc(C(F)(F)F)n4)cc3)C2)c1. The van der Waals surface area contributed by atoms with Crippen molar-refractivity contribution < 1.29 is 30.8 Å². The number of aromatic nitrogens is 4. The van der Waals surface area contributed by atoms with Crippen molar-refractivity contribution >= 4 is 10.0 Å². The molecule has 1 atom stereocenters. The van der Waals surface area contributed by atoms with Gasteiger partial charge >= 0.3 is 12.1 Å². The fraction of sp³-hybridized carbons (Fsp3) is 0.353. The molecule has 160 valence electrons. The highest BCUT2D eigenvalue weighted by molar-refractivity contribution is 7.89. The summed E-state index contributed by atoms with van der Waals surface area (Å²) < 4.78 is 75.8. The van der Waals surface area contributed by atoms with E-state index in [1.54, 1.807) is 23.7 Å². The van der Waals surface area contributed by atoms with Gasteiger partial charge in [0, 0.05) is 25.4 Å². The Morgan fingerprint density at radius 1 is 1.23 bits per heavy atom. The van der Waals surface area contributed by atoms with Gasteiger partial charge < -0.3 is 13.8 Å². The highest BCUT2D eigenvalue weighted by Crippen LogP contribution is 2.30. The third kappa shape index (κ3) is 4.03. The lowest BCUT2D eigenvalue weighted by Gasteiger charge is -2.16. The van der Waals surface area contributed by atoms with Gasteiger partial charge in [-0.25, -0.2) is 13.4 Å². The number of imidazole rings is 1. The van der Waals surface area contributed by atoms with Crippen molar-refractivity contribution in [2.45, 2.75) is 23.7 Å². The summed E-state index contributed by atoms with van der Waals surface area (Å²) in [5.41, 5.74) is 0.326. The highest BCUT2D eigenvalue weighted by atomic mass is 32.2. The maximum Gasteiger partial charge on any atom is 0.471 e. The van der Waals surface area contributed by atoms with E-state index in [0.29, 0.717) is 24.3 Å². The molecule has 1 unspecified atom stereocenters. The van der Waals surface area contributed by atoms with Crippen molar-refractivity contribution in [1.29, 1.82) is 0 Å². The van der Waals surface area contributed by atoms with Gasteiger partial charge in [-0.1, -0.05) is 5.16 Å². The predicted octanol–water partition coefficient (Wildman–Crippen LogP) is 2.33. The first-order valence-electron chi connectivity index (χ1n) is 8.79. The summed E-state index contributed by atoms with van der Waals surface area (Å²) in [6, 6.07) is 6.10. The second-order valence-electron chi connectivity index (χ2n) is 6.71. The zero-order valence-electron chi connectivity index (χ0n) is 15.6. The standard InChI is InChI=1S/C17H16F3N5O4S/c1-24-9-14(21-10-24)30(26,27)25-7-6-13(8-25)28-12-4-2-11(3-5-12)15-22-16(29-23-15)17(18,19)20/h2-5,9-10,13H,6-8H2,1H3. The van der Waals surface area contributed by atoms with Crippen LogP contribution in [0.4, 0.5) is 13.2 Å². The molecule has 0 amide bonds. The summed E-state index contributed by atoms with van der Waals surface area (Å²) in [5.74, 6) is -1.17. The van der Waals surface area contributed by atoms with Gasteiger partial charge in [-0.3, -0.25) is 0 Å². The van der Waals surface area contributed by atoms with E-state index in [9.17, 15) is 21.6 Å². The maximum absolute atomic E-state index is 12.6. The van der Waals surface area contributed by atoms with E-state index >= 15 is 0 Å². The zero-order valence-corrected chi connectivity index (χ0v) is 16.4. The summed E-state index contributed by atoms with van der Waals surface area (Å²) >= 11 is 0. The largest absolute Gasteiger partial charge is 0.489 e. The van der Waals surface area contributed by atoms with E-state index in [2.05, 4.69) is 19.6 Å². The quantitative estimate of drug-likeness (QED) is 0.596. The number of rotatable bonds is 5. The summed E-state index contributed by atoms with van der Waals surface area (Å²) in [6.07, 6.45) is -1.73. The van der Waals surface area contributed by atoms with Gasteiger partial charge in [0.2, 0.25) is 5.82 Å². The van der Waals surface area contributed by atoms with Crippen LogP contribution in [-0.4, -0.2) is 51.6 Å². The second kappa shape index (κ2) is 7.40. The molecular formula is C17H16F3N5O4S. The van der Waals surface area contributed by atoms with E-state index in [0.717, 1.165) is 0 Å². The van der Waals surface area contributed by atoms with Gasteiger partial charge in [-0.05, 0) is 30.7 Å². The Morgan fingerprint density at radius 3 is 2.57 bits per heavy atom. The van der Waals surface area contributed by atoms with Gasteiger partial charge in [-0.15, -0.1) is 0 Å². The Bertz CT molecular complexity index is 1140. The molecule has 0 bridgehead atoms. The molecule has 1 aliphatic heterocycles. The van der Waals surface area contributed by atoms with Crippen molar-refractivity contribution in [2.75, 3.05) is 13.1 Å². The van der Waals surface area contributed by atoms with Crippen LogP contribution in [0.25, 0.3) is 11.4 Å². The molecule has 1 aliphatic rings. The van der Waals surface area contributed by atoms with Crippen LogP contribution in [-0.2, 0) is 23.2 Å². The van der Waals surface area contributed by atoms with Gasteiger partial charge in [-0.2, -0.15) is 22.5 Å². The molecular weight excluding hydrogens is 427 g/mol. The molecule has 1 aromatic carbocycles. The van der Waals surface area contributed by atoms with Crippen molar-refractivity contribution in [1.82, 2.24) is 24.0 Å². The molecule has 0 saturated carbocycles. The van der Waals surface area contributed by atoms with Crippen LogP contribution in [0, 0.1) is 0 Å². The average Bonchev–Trinajstić information content (AvgIpc) is 3.42. The first kappa shape index (κ1) is 20.3. The number of ether oxygens (including phenoxy) is 1. The van der Waals surface area contributed by atoms with Crippen LogP contribution in [0.5, 0.6) is 5.75 Å². The van der Waals surface area contributed by atoms with Gasteiger partial charge in [0.05, 0.1) is 12.9 Å². The van der Waals surface area contributed by atoms with Gasteiger partial charge in [0.1, 0.15) is 11.9 Å². The van der Waals surface area contributed by atoms with E-state index in [4.69, 9.17) is 4.74 Å². The molecule has 2 aromatic heterocycles. The number of hydrogen-bond acceptors (Lipinski definition) is 7. The minimum Gasteiger partial charge on any atom is -0.489 e. The van der Waals surface area contributed by atoms with E-state index in [1.165, 1.54) is 29.0 Å². The average molecular weight is 443 g/mol. The smallest absolute Gasteiger partial charge is 0.471 e. The predicted molar refractivity (Wildman–Crippen MR) is 95.7 cm³/mol. The number of hydrogen-bond donors (Lipinski definition) is 0. The Hall–Kier alpha value is -2.93. The molecule has 30 heavy (non-hydrogen) atoms. The Labute approximate surface area is 169 Å². The first-order chi connectivity index (χ1) is 14.1. The molecule has 13 heteroatoms. The molecule has 0 spiro atoms. The minimum absolute atomic E-state index is 0.0201. The lowest BCUT2D eigenvalue weighted by Crippen LogP contribution is -2.31. The Balaban J connectivity index is 1.40. The third-order valence-electron chi connectivity index (χ3n) is 4.48. The summed E-state index contributed by atoms with van der Waals surface area (Å²) in [7, 11) is -2.01. The fourth-order valence-corrected chi connectivity index (χ4v) is 4.45. The topological polar surface area (TPSA) is 103 Å². The van der Waals surface area contributed by atoms with Crippen LogP contribution in [0.1, 0.15) is 12.3 Å². The summed E-state index contributed by atoms with van der Waals surface area (Å²) in [6.45, 7) is 0.463. The number of benzene rings is 1. The van der Waals surface area contributed by atoms with Crippen molar-refractivity contribution in [3.05, 3.63) is 42.7 Å². The summed E-state index contributed by atoms with van der Waals surface area (Å²) in [5, 5.41) is 3.31. The molecule has 3 aromatic rings. The molecule has 9 nitrogen and oxygen atoms in total. The molecule has 0 N–H and O–H groups in total. The highest BCUT2D eigenvalue weighted by Gasteiger charge is 2.38. The van der Waals surface area contributed by atoms with E-state index in [-0.39, 0.29) is 23.5 Å². The Morgan fingerprint density at radius 2 is 1.97 bits per heavy atom. The van der Waals surface area contributed by atoms with Crippen molar-refractivity contribution in [3.8, 4) is 17.1 Å². The van der Waals surface area contributed by atoms with E-state index in [1.807, 2.05) is 0 Å². The number of aryl methyl sites for hydroxylation is 1. The monoisotopic (exact) mass is 443 g/mol. The van der Waals surface area contributed by atoms with Crippen molar-refractivity contribution in [2.24, 2.45) is 7.05 Å². The number of halogens is 3. The molecule has 1 saturated heterocycles. The molecule has 4 rings (SSSR count). The molecule has 0 aliphatic carbocycles. The summed E-state index contributed by atoms with van der Waals surface area (Å²) in [4.78, 5) is 7.23. The number of sulfonamides is 1. The number of alkyl halides is 3. The lowest BCUT2D eigenvalue weighted by molar-refractivity contribution is -0.159. The van der Waals surface area contributed by atoms with Crippen LogP contribution in [0.3, 0.4) is 0 Å². The van der Waals surface area contributed by atoms with Crippen LogP contribution in [0.15, 0.2) is 46.3 Å². The lowest BCUT2D eigenvalue weighted by atomic mass is 10.2. The molecule has 3 heterocycles. The first-order valence-corrected chi connectivity index (χ1v) is 10.2. The van der Waals surface area contributed by atoms with Gasteiger partial charge in [0.15, 0.2) is 5.03 Å². The van der Waals surface area contributed by atoms with E-state index < -0.39 is 22.1 Å². The molecule has 0 radical (unpaired) electrons. The third-order valence-corrected chi connectivity index (χ3v) is 6.23. The van der Waals surface area contributed by atoms with Gasteiger partial charge in [0.25, 0.3) is 10.0 Å². The van der Waals surface area contributed by atoms with Crippen LogP contribution >= 0.6 is 0 Å². The fourth-order valence-electron chi connectivity index (χ4n) is 3.00. The Kier molecular flexibility index (Phi) is 5.02. The minimum atomic E-state index is -4.71. The normalized spacial score (nSPS) is 18.1. The van der Waals surface area contributed by atoms with Crippen LogP contribution in [0.2, 0.25) is 0 Å². The molecule has 1 fully saturated rings. The van der Waals surface area contributed by atoms with Crippen molar-refractivity contribution in [3.63, 3.8) is 0 Å².